The zero-order chi connectivity index (χ0) is 11.0. The van der Waals surface area contributed by atoms with Gasteiger partial charge in [-0.05, 0) is 57.0 Å². The summed E-state index contributed by atoms with van der Waals surface area (Å²) in [4.78, 5) is 2.64. The lowest BCUT2D eigenvalue weighted by atomic mass is 9.76. The third-order valence-electron chi connectivity index (χ3n) is 4.62. The van der Waals surface area contributed by atoms with Crippen molar-refractivity contribution in [1.82, 2.24) is 4.90 Å². The number of hydrogen-bond donors (Lipinski definition) is 1. The smallest absolute Gasteiger partial charge is 0.0127 e. The Morgan fingerprint density at radius 1 is 1.33 bits per heavy atom. The molecule has 2 fully saturated rings. The van der Waals surface area contributed by atoms with Crippen LogP contribution in [0, 0.1) is 17.8 Å². The maximum Gasteiger partial charge on any atom is 0.0127 e. The van der Waals surface area contributed by atoms with Crippen molar-refractivity contribution in [2.45, 2.75) is 51.6 Å². The van der Waals surface area contributed by atoms with Crippen LogP contribution < -0.4 is 5.73 Å². The molecular formula is C13H26N2. The largest absolute Gasteiger partial charge is 0.330 e. The predicted octanol–water partition coefficient (Wildman–Crippen LogP) is 2.09. The van der Waals surface area contributed by atoms with E-state index < -0.39 is 0 Å². The van der Waals surface area contributed by atoms with Crippen LogP contribution in [-0.2, 0) is 0 Å². The third-order valence-corrected chi connectivity index (χ3v) is 4.62. The van der Waals surface area contributed by atoms with Crippen LogP contribution in [-0.4, -0.2) is 30.6 Å². The summed E-state index contributed by atoms with van der Waals surface area (Å²) in [6, 6.07) is 1.67. The molecule has 2 saturated heterocycles. The van der Waals surface area contributed by atoms with E-state index in [0.29, 0.717) is 0 Å². The molecular weight excluding hydrogens is 184 g/mol. The van der Waals surface area contributed by atoms with Gasteiger partial charge in [-0.15, -0.1) is 0 Å². The molecule has 0 aliphatic carbocycles. The van der Waals surface area contributed by atoms with E-state index in [9.17, 15) is 0 Å². The Labute approximate surface area is 94.2 Å². The van der Waals surface area contributed by atoms with E-state index in [1.165, 1.54) is 25.7 Å². The molecule has 0 spiro atoms. The van der Waals surface area contributed by atoms with Crippen LogP contribution in [0.1, 0.15) is 39.5 Å². The van der Waals surface area contributed by atoms with Crippen LogP contribution in [0.5, 0.6) is 0 Å². The second-order valence-electron chi connectivity index (χ2n) is 5.99. The van der Waals surface area contributed by atoms with E-state index in [1.54, 1.807) is 0 Å². The summed E-state index contributed by atoms with van der Waals surface area (Å²) >= 11 is 0. The second-order valence-corrected chi connectivity index (χ2v) is 5.99. The summed E-state index contributed by atoms with van der Waals surface area (Å²) in [5.74, 6) is 2.47. The van der Waals surface area contributed by atoms with Crippen LogP contribution in [0.15, 0.2) is 0 Å². The molecule has 2 rings (SSSR count). The van der Waals surface area contributed by atoms with Crippen molar-refractivity contribution in [3.63, 3.8) is 0 Å². The molecule has 88 valence electrons. The zero-order valence-electron chi connectivity index (χ0n) is 10.4. The molecule has 0 aromatic rings. The first-order chi connectivity index (χ1) is 7.13. The fourth-order valence-electron chi connectivity index (χ4n) is 3.84. The predicted molar refractivity (Wildman–Crippen MR) is 64.7 cm³/mol. The maximum absolute atomic E-state index is 5.95. The number of hydrogen-bond acceptors (Lipinski definition) is 2. The van der Waals surface area contributed by atoms with Crippen LogP contribution >= 0.6 is 0 Å². The van der Waals surface area contributed by atoms with Gasteiger partial charge in [0.25, 0.3) is 0 Å². The van der Waals surface area contributed by atoms with E-state index in [1.807, 2.05) is 0 Å². The van der Waals surface area contributed by atoms with E-state index >= 15 is 0 Å². The zero-order valence-corrected chi connectivity index (χ0v) is 10.4. The Morgan fingerprint density at radius 3 is 2.67 bits per heavy atom. The Balaban J connectivity index is 2.09. The van der Waals surface area contributed by atoms with Gasteiger partial charge < -0.3 is 10.6 Å². The molecule has 2 aliphatic rings. The van der Waals surface area contributed by atoms with Crippen molar-refractivity contribution in [3.05, 3.63) is 0 Å². The molecule has 0 radical (unpaired) electrons. The number of fused-ring (bicyclic) bond motifs is 2. The van der Waals surface area contributed by atoms with Gasteiger partial charge in [-0.3, -0.25) is 0 Å². The average molecular weight is 210 g/mol. The summed E-state index contributed by atoms with van der Waals surface area (Å²) in [7, 11) is 2.32. The molecule has 2 heterocycles. The first-order valence-corrected chi connectivity index (χ1v) is 6.55. The minimum atomic E-state index is 0.793. The molecule has 0 amide bonds. The molecule has 2 nitrogen and oxygen atoms in total. The van der Waals surface area contributed by atoms with Gasteiger partial charge in [-0.1, -0.05) is 13.8 Å². The monoisotopic (exact) mass is 210 g/mol. The van der Waals surface area contributed by atoms with Crippen molar-refractivity contribution in [3.8, 4) is 0 Å². The fraction of sp³-hybridized carbons (Fsp3) is 1.00. The molecule has 0 aromatic heterocycles. The van der Waals surface area contributed by atoms with Crippen molar-refractivity contribution in [2.75, 3.05) is 13.6 Å². The number of nitrogens with zero attached hydrogens (tertiary/aromatic N) is 1. The molecule has 4 unspecified atom stereocenters. The minimum Gasteiger partial charge on any atom is -0.330 e. The molecule has 0 saturated carbocycles. The lowest BCUT2D eigenvalue weighted by molar-refractivity contribution is 0.0590. The van der Waals surface area contributed by atoms with Crippen molar-refractivity contribution >= 4 is 0 Å². The Kier molecular flexibility index (Phi) is 3.36. The highest BCUT2D eigenvalue weighted by molar-refractivity contribution is 4.98. The first-order valence-electron chi connectivity index (χ1n) is 6.55. The Bertz CT molecular complexity index is 215. The maximum atomic E-state index is 5.95. The molecule has 0 aromatic carbocycles. The van der Waals surface area contributed by atoms with Crippen molar-refractivity contribution in [2.24, 2.45) is 23.5 Å². The summed E-state index contributed by atoms with van der Waals surface area (Å²) < 4.78 is 0. The molecule has 15 heavy (non-hydrogen) atoms. The van der Waals surface area contributed by atoms with Crippen molar-refractivity contribution in [1.29, 1.82) is 0 Å². The average Bonchev–Trinajstić information content (AvgIpc) is 2.44. The van der Waals surface area contributed by atoms with Gasteiger partial charge in [0.05, 0.1) is 0 Å². The summed E-state index contributed by atoms with van der Waals surface area (Å²) in [5, 5.41) is 0. The number of nitrogens with two attached hydrogens (primary N) is 1. The quantitative estimate of drug-likeness (QED) is 0.773. The molecule has 4 atom stereocenters. The fourth-order valence-corrected chi connectivity index (χ4v) is 3.84. The third kappa shape index (κ3) is 2.07. The van der Waals surface area contributed by atoms with E-state index in [4.69, 9.17) is 5.73 Å². The number of rotatable bonds is 3. The SMILES string of the molecule is CC(C)CC1C(CN)CC2CCC1N2C. The van der Waals surface area contributed by atoms with E-state index in [2.05, 4.69) is 25.8 Å². The van der Waals surface area contributed by atoms with Gasteiger partial charge in [-0.25, -0.2) is 0 Å². The minimum absolute atomic E-state index is 0.793. The highest BCUT2D eigenvalue weighted by Crippen LogP contribution is 2.43. The lowest BCUT2D eigenvalue weighted by Crippen LogP contribution is -2.48. The highest BCUT2D eigenvalue weighted by Gasteiger charge is 2.44. The van der Waals surface area contributed by atoms with Crippen LogP contribution in [0.25, 0.3) is 0 Å². The molecule has 2 N–H and O–H groups in total. The van der Waals surface area contributed by atoms with Gasteiger partial charge >= 0.3 is 0 Å². The summed E-state index contributed by atoms with van der Waals surface area (Å²) in [6.07, 6.45) is 5.53. The van der Waals surface area contributed by atoms with Crippen LogP contribution in [0.3, 0.4) is 0 Å². The highest BCUT2D eigenvalue weighted by atomic mass is 15.2. The summed E-state index contributed by atoms with van der Waals surface area (Å²) in [5.41, 5.74) is 5.95. The van der Waals surface area contributed by atoms with E-state index in [-0.39, 0.29) is 0 Å². The van der Waals surface area contributed by atoms with Gasteiger partial charge in [0.2, 0.25) is 0 Å². The van der Waals surface area contributed by atoms with Crippen molar-refractivity contribution < 1.29 is 0 Å². The van der Waals surface area contributed by atoms with Crippen LogP contribution in [0.2, 0.25) is 0 Å². The Hall–Kier alpha value is -0.0800. The molecule has 2 heteroatoms. The van der Waals surface area contributed by atoms with Gasteiger partial charge in [0.15, 0.2) is 0 Å². The van der Waals surface area contributed by atoms with Gasteiger partial charge in [0.1, 0.15) is 0 Å². The molecule has 2 bridgehead atoms. The van der Waals surface area contributed by atoms with Gasteiger partial charge in [0, 0.05) is 12.1 Å². The van der Waals surface area contributed by atoms with E-state index in [0.717, 1.165) is 36.4 Å². The molecule has 2 aliphatic heterocycles. The number of piperidine rings is 1. The Morgan fingerprint density at radius 2 is 2.07 bits per heavy atom. The second kappa shape index (κ2) is 4.42. The summed E-state index contributed by atoms with van der Waals surface area (Å²) in [6.45, 7) is 5.58. The normalized spacial score (nSPS) is 41.4. The first kappa shape index (κ1) is 11.4. The standard InChI is InChI=1S/C13H26N2/c1-9(2)6-12-10(8-14)7-11-4-5-13(12)15(11)3/h9-13H,4-8,14H2,1-3H3. The topological polar surface area (TPSA) is 29.3 Å². The van der Waals surface area contributed by atoms with Crippen LogP contribution in [0.4, 0.5) is 0 Å². The van der Waals surface area contributed by atoms with Gasteiger partial charge in [-0.2, -0.15) is 0 Å². The lowest BCUT2D eigenvalue weighted by Gasteiger charge is -2.43.